The molecule has 4 heteroatoms. The molecule has 0 nitrogen and oxygen atoms in total. The quantitative estimate of drug-likeness (QED) is 0.670. The van der Waals surface area contributed by atoms with Crippen molar-refractivity contribution in [1.29, 1.82) is 0 Å². The zero-order chi connectivity index (χ0) is 10.4. The third kappa shape index (κ3) is 1.70. The van der Waals surface area contributed by atoms with E-state index in [0.717, 1.165) is 0 Å². The maximum absolute atomic E-state index is 12.9. The van der Waals surface area contributed by atoms with Gasteiger partial charge in [0.15, 0.2) is 0 Å². The molecule has 0 radical (unpaired) electrons. The van der Waals surface area contributed by atoms with E-state index in [0.29, 0.717) is 9.70 Å². The molecule has 0 fully saturated rings. The average molecular weight is 270 g/mol. The van der Waals surface area contributed by atoms with E-state index in [4.69, 9.17) is 0 Å². The number of allylic oxidation sites excluding steroid dienone is 4. The van der Waals surface area contributed by atoms with Crippen LogP contribution >= 0.6 is 0 Å². The molecule has 0 aliphatic heterocycles. The number of hydrogen-bond donors (Lipinski definition) is 0. The van der Waals surface area contributed by atoms with Gasteiger partial charge in [-0.25, -0.2) is 0 Å². The topological polar surface area (TPSA) is 0 Å². The van der Waals surface area contributed by atoms with E-state index in [1.807, 2.05) is 0 Å². The van der Waals surface area contributed by atoms with Crippen molar-refractivity contribution in [3.63, 3.8) is 0 Å². The Balaban J connectivity index is 3.11. The molecule has 0 aromatic rings. The Bertz CT molecular complexity index is 275. The monoisotopic (exact) mass is 269 g/mol. The number of rotatable bonds is 1. The Kier molecular flexibility index (Phi) is 2.44. The van der Waals surface area contributed by atoms with Crippen LogP contribution in [0.2, 0.25) is 13.9 Å². The first-order chi connectivity index (χ1) is 5.64. The van der Waals surface area contributed by atoms with Crippen LogP contribution in [0.25, 0.3) is 0 Å². The Hall–Kier alpha value is 0.153. The predicted octanol–water partition coefficient (Wildman–Crippen LogP) is 4.18. The van der Waals surface area contributed by atoms with Gasteiger partial charge in [0.05, 0.1) is 0 Å². The summed E-state index contributed by atoms with van der Waals surface area (Å²) in [5, 5.41) is 0. The minimum atomic E-state index is -4.57. The van der Waals surface area contributed by atoms with Crippen LogP contribution < -0.4 is 0 Å². The zero-order valence-corrected chi connectivity index (χ0v) is 10.5. The summed E-state index contributed by atoms with van der Waals surface area (Å²) in [6.45, 7) is 0. The first-order valence-corrected chi connectivity index (χ1v) is 14.1. The van der Waals surface area contributed by atoms with Crippen LogP contribution in [0.4, 0.5) is 13.2 Å². The molecule has 0 saturated heterocycles. The molecule has 0 saturated carbocycles. The van der Waals surface area contributed by atoms with Crippen molar-refractivity contribution in [3.8, 4) is 0 Å². The molecule has 13 heavy (non-hydrogen) atoms. The first-order valence-electron chi connectivity index (χ1n) is 4.28. The van der Waals surface area contributed by atoms with Crippen LogP contribution in [0, 0.1) is 0 Å². The second-order valence-corrected chi connectivity index (χ2v) is 23.3. The van der Waals surface area contributed by atoms with Gasteiger partial charge in [-0.05, 0) is 0 Å². The molecular weight excluding hydrogens is 256 g/mol. The number of hydrogen-bond acceptors (Lipinski definition) is 0. The van der Waals surface area contributed by atoms with Gasteiger partial charge in [0.25, 0.3) is 0 Å². The Morgan fingerprint density at radius 1 is 1.23 bits per heavy atom. The van der Waals surface area contributed by atoms with E-state index >= 15 is 0 Å². The third-order valence-corrected chi connectivity index (χ3v) is 14.2. The Morgan fingerprint density at radius 2 is 1.77 bits per heavy atom. The molecule has 1 aliphatic rings. The van der Waals surface area contributed by atoms with Gasteiger partial charge in [-0.1, -0.05) is 0 Å². The number of alkyl halides is 3. The molecule has 0 N–H and O–H groups in total. The van der Waals surface area contributed by atoms with E-state index in [1.54, 1.807) is 18.2 Å². The molecule has 0 bridgehead atoms. The van der Waals surface area contributed by atoms with E-state index in [2.05, 4.69) is 0 Å². The fraction of sp³-hybridized carbons (Fsp3) is 0.556. The first kappa shape index (κ1) is 11.2. The third-order valence-electron chi connectivity index (χ3n) is 2.89. The molecule has 0 aromatic carbocycles. The van der Waals surface area contributed by atoms with Gasteiger partial charge in [-0.15, -0.1) is 0 Å². The fourth-order valence-electron chi connectivity index (χ4n) is 1.28. The summed E-state index contributed by atoms with van der Waals surface area (Å²) in [5.41, 5.74) is 0. The second-order valence-electron chi connectivity index (χ2n) is 4.95. The van der Waals surface area contributed by atoms with Gasteiger partial charge < -0.3 is 0 Å². The van der Waals surface area contributed by atoms with Crippen molar-refractivity contribution in [2.75, 3.05) is 0 Å². The van der Waals surface area contributed by atoms with Crippen molar-refractivity contribution >= 4 is 0 Å². The van der Waals surface area contributed by atoms with Gasteiger partial charge in [-0.2, -0.15) is 0 Å². The maximum atomic E-state index is 12.9. The zero-order valence-electron chi connectivity index (χ0n) is 8.07. The minimum absolute atomic E-state index is 0.494. The molecule has 0 unspecified atom stereocenters. The van der Waals surface area contributed by atoms with Crippen molar-refractivity contribution in [1.82, 2.24) is 0 Å². The molecular formula is C9H14F3Zr. The Morgan fingerprint density at radius 3 is 2.08 bits per heavy atom. The second kappa shape index (κ2) is 2.82. The van der Waals surface area contributed by atoms with Crippen molar-refractivity contribution in [3.05, 3.63) is 21.5 Å². The summed E-state index contributed by atoms with van der Waals surface area (Å²) >= 11 is -4.57. The predicted molar refractivity (Wildman–Crippen MR) is 45.5 cm³/mol. The van der Waals surface area contributed by atoms with E-state index in [9.17, 15) is 13.2 Å². The van der Waals surface area contributed by atoms with E-state index < -0.39 is 22.7 Å². The SMILES string of the molecule is [CH3][Zr]([CH3])([CH3])([C]1=CC=CC1)[C](F)(F)F. The van der Waals surface area contributed by atoms with Crippen LogP contribution in [0.15, 0.2) is 21.5 Å². The average Bonchev–Trinajstić information content (AvgIpc) is 2.32. The van der Waals surface area contributed by atoms with Crippen molar-refractivity contribution in [2.45, 2.75) is 24.2 Å². The van der Waals surface area contributed by atoms with Gasteiger partial charge in [0, 0.05) is 0 Å². The van der Waals surface area contributed by atoms with Crippen LogP contribution in [0.3, 0.4) is 0 Å². The molecule has 1 aliphatic carbocycles. The molecule has 0 atom stereocenters. The standard InChI is InChI=1S/C5H5.CF3.3CH3.Zr/c1-2-4-5-3-1;2-1(3)4;;;;/h1-3H,4H2;;3*1H3;. The summed E-state index contributed by atoms with van der Waals surface area (Å²) in [6.07, 6.45) is 5.67. The van der Waals surface area contributed by atoms with Gasteiger partial charge >= 0.3 is 77.7 Å². The summed E-state index contributed by atoms with van der Waals surface area (Å²) in [7, 11) is 0. The number of halogens is 3. The summed E-state index contributed by atoms with van der Waals surface area (Å²) in [6, 6.07) is 0. The Labute approximate surface area is 77.6 Å². The summed E-state index contributed by atoms with van der Waals surface area (Å²) in [5.74, 6) is 0. The molecule has 0 spiro atoms. The van der Waals surface area contributed by atoms with Gasteiger partial charge in [0.1, 0.15) is 0 Å². The van der Waals surface area contributed by atoms with Gasteiger partial charge in [-0.3, -0.25) is 0 Å². The van der Waals surface area contributed by atoms with Crippen LogP contribution in [0.1, 0.15) is 6.42 Å². The van der Waals surface area contributed by atoms with E-state index in [1.165, 1.54) is 13.9 Å². The van der Waals surface area contributed by atoms with Crippen molar-refractivity contribution in [2.24, 2.45) is 0 Å². The van der Waals surface area contributed by atoms with Gasteiger partial charge in [0.2, 0.25) is 0 Å². The fourth-order valence-corrected chi connectivity index (χ4v) is 5.89. The summed E-state index contributed by atoms with van der Waals surface area (Å²) in [4.78, 5) is 0. The molecule has 0 heterocycles. The molecule has 75 valence electrons. The normalized spacial score (nSPS) is 21.1. The van der Waals surface area contributed by atoms with Crippen LogP contribution in [-0.2, 0) is 18.8 Å². The van der Waals surface area contributed by atoms with Crippen LogP contribution in [0.5, 0.6) is 0 Å². The molecule has 1 rings (SSSR count). The summed E-state index contributed by atoms with van der Waals surface area (Å²) < 4.78 is 39.6. The van der Waals surface area contributed by atoms with Crippen LogP contribution in [-0.4, -0.2) is 3.88 Å². The molecule has 0 amide bonds. The van der Waals surface area contributed by atoms with Crippen molar-refractivity contribution < 1.29 is 32.0 Å². The van der Waals surface area contributed by atoms with E-state index in [-0.39, 0.29) is 0 Å². The molecule has 0 aromatic heterocycles.